The maximum Gasteiger partial charge on any atom is 0.321 e. The Labute approximate surface area is 135 Å². The van der Waals surface area contributed by atoms with Crippen LogP contribution in [0.3, 0.4) is 0 Å². The SMILES string of the molecule is COC(=O)C[C@@H]1C(=O)NCCN1CC(=O)NC(=O)NC(C)(C)C. The van der Waals surface area contributed by atoms with Crippen molar-refractivity contribution >= 4 is 23.8 Å². The molecule has 9 nitrogen and oxygen atoms in total. The van der Waals surface area contributed by atoms with Crippen molar-refractivity contribution in [1.82, 2.24) is 20.9 Å². The van der Waals surface area contributed by atoms with Crippen LogP contribution in [-0.4, -0.2) is 67.0 Å². The van der Waals surface area contributed by atoms with Gasteiger partial charge < -0.3 is 15.4 Å². The first kappa shape index (κ1) is 18.9. The molecule has 0 aromatic rings. The first-order chi connectivity index (χ1) is 10.6. The standard InChI is InChI=1S/C14H24N4O5/c1-14(2,3)17-13(22)16-10(19)8-18-6-5-15-12(21)9(18)7-11(20)23-4/h9H,5-8H2,1-4H3,(H,15,21)(H2,16,17,19,22)/t9-/m1/s1. The second kappa shape index (κ2) is 7.91. The van der Waals surface area contributed by atoms with Crippen LogP contribution in [0.15, 0.2) is 0 Å². The summed E-state index contributed by atoms with van der Waals surface area (Å²) < 4.78 is 4.56. The van der Waals surface area contributed by atoms with Gasteiger partial charge in [-0.2, -0.15) is 0 Å². The smallest absolute Gasteiger partial charge is 0.321 e. The molecule has 0 unspecified atom stereocenters. The van der Waals surface area contributed by atoms with Crippen LogP contribution in [-0.2, 0) is 19.1 Å². The van der Waals surface area contributed by atoms with Gasteiger partial charge in [0, 0.05) is 18.6 Å². The first-order valence-corrected chi connectivity index (χ1v) is 7.33. The number of imide groups is 1. The van der Waals surface area contributed by atoms with Crippen LogP contribution in [0.25, 0.3) is 0 Å². The van der Waals surface area contributed by atoms with E-state index < -0.39 is 29.5 Å². The summed E-state index contributed by atoms with van der Waals surface area (Å²) in [5.74, 6) is -1.42. The zero-order chi connectivity index (χ0) is 17.6. The minimum atomic E-state index is -0.785. The molecule has 0 saturated carbocycles. The Bertz CT molecular complexity index is 486. The van der Waals surface area contributed by atoms with Gasteiger partial charge in [-0.3, -0.25) is 24.6 Å². The highest BCUT2D eigenvalue weighted by molar-refractivity contribution is 5.96. The third-order valence-corrected chi connectivity index (χ3v) is 3.12. The van der Waals surface area contributed by atoms with Gasteiger partial charge in [0.05, 0.1) is 20.1 Å². The van der Waals surface area contributed by atoms with Gasteiger partial charge in [0.2, 0.25) is 11.8 Å². The lowest BCUT2D eigenvalue weighted by atomic mass is 10.1. The van der Waals surface area contributed by atoms with Gasteiger partial charge >= 0.3 is 12.0 Å². The summed E-state index contributed by atoms with van der Waals surface area (Å²) in [6.45, 7) is 5.99. The molecule has 0 spiro atoms. The fourth-order valence-electron chi connectivity index (χ4n) is 2.14. The van der Waals surface area contributed by atoms with Gasteiger partial charge in [-0.15, -0.1) is 0 Å². The Kier molecular flexibility index (Phi) is 6.49. The topological polar surface area (TPSA) is 117 Å². The van der Waals surface area contributed by atoms with Gasteiger partial charge in [0.15, 0.2) is 0 Å². The highest BCUT2D eigenvalue weighted by atomic mass is 16.5. The molecule has 0 radical (unpaired) electrons. The Morgan fingerprint density at radius 3 is 2.57 bits per heavy atom. The van der Waals surface area contributed by atoms with E-state index in [4.69, 9.17) is 0 Å². The van der Waals surface area contributed by atoms with Crippen molar-refractivity contribution in [3.8, 4) is 0 Å². The second-order valence-corrected chi connectivity index (χ2v) is 6.31. The molecule has 1 heterocycles. The number of carbonyl (C=O) groups is 4. The van der Waals surface area contributed by atoms with Gasteiger partial charge in [-0.1, -0.05) is 0 Å². The lowest BCUT2D eigenvalue weighted by molar-refractivity contribution is -0.146. The maximum absolute atomic E-state index is 12.0. The average molecular weight is 328 g/mol. The van der Waals surface area contributed by atoms with Crippen molar-refractivity contribution in [1.29, 1.82) is 0 Å². The molecular weight excluding hydrogens is 304 g/mol. The van der Waals surface area contributed by atoms with Crippen LogP contribution in [0.2, 0.25) is 0 Å². The number of ether oxygens (including phenoxy) is 1. The van der Waals surface area contributed by atoms with Crippen molar-refractivity contribution in [3.05, 3.63) is 0 Å². The molecule has 9 heteroatoms. The molecule has 3 N–H and O–H groups in total. The van der Waals surface area contributed by atoms with Gasteiger partial charge in [-0.25, -0.2) is 4.79 Å². The van der Waals surface area contributed by atoms with Crippen molar-refractivity contribution in [2.24, 2.45) is 0 Å². The lowest BCUT2D eigenvalue weighted by Gasteiger charge is -2.33. The number of nitrogens with one attached hydrogen (secondary N) is 3. The number of esters is 1. The first-order valence-electron chi connectivity index (χ1n) is 7.33. The monoisotopic (exact) mass is 328 g/mol. The largest absolute Gasteiger partial charge is 0.469 e. The summed E-state index contributed by atoms with van der Waals surface area (Å²) in [5, 5.41) is 7.45. The summed E-state index contributed by atoms with van der Waals surface area (Å²) in [5.41, 5.74) is -0.469. The van der Waals surface area contributed by atoms with Crippen molar-refractivity contribution in [3.63, 3.8) is 0 Å². The van der Waals surface area contributed by atoms with E-state index >= 15 is 0 Å². The summed E-state index contributed by atoms with van der Waals surface area (Å²) >= 11 is 0. The summed E-state index contributed by atoms with van der Waals surface area (Å²) in [6.07, 6.45) is -0.149. The molecule has 1 aliphatic heterocycles. The number of nitrogens with zero attached hydrogens (tertiary/aromatic N) is 1. The van der Waals surface area contributed by atoms with Crippen molar-refractivity contribution < 1.29 is 23.9 Å². The Morgan fingerprint density at radius 2 is 2.00 bits per heavy atom. The number of urea groups is 1. The number of methoxy groups -OCH3 is 1. The quantitative estimate of drug-likeness (QED) is 0.568. The maximum atomic E-state index is 12.0. The molecule has 0 aromatic carbocycles. The highest BCUT2D eigenvalue weighted by Gasteiger charge is 2.33. The molecule has 23 heavy (non-hydrogen) atoms. The zero-order valence-corrected chi connectivity index (χ0v) is 13.9. The van der Waals surface area contributed by atoms with Crippen LogP contribution in [0.4, 0.5) is 4.79 Å². The Balaban J connectivity index is 2.61. The minimum Gasteiger partial charge on any atom is -0.469 e. The molecule has 0 aliphatic carbocycles. The summed E-state index contributed by atoms with van der Waals surface area (Å²) in [4.78, 5) is 48.4. The molecule has 1 saturated heterocycles. The second-order valence-electron chi connectivity index (χ2n) is 6.31. The lowest BCUT2D eigenvalue weighted by Crippen LogP contribution is -2.59. The Hall–Kier alpha value is -2.16. The van der Waals surface area contributed by atoms with Crippen molar-refractivity contribution in [2.45, 2.75) is 38.8 Å². The Morgan fingerprint density at radius 1 is 1.35 bits per heavy atom. The van der Waals surface area contributed by atoms with Gasteiger partial charge in [0.25, 0.3) is 0 Å². The molecule has 1 fully saturated rings. The van der Waals surface area contributed by atoms with E-state index in [9.17, 15) is 19.2 Å². The van der Waals surface area contributed by atoms with E-state index in [1.54, 1.807) is 25.7 Å². The third-order valence-electron chi connectivity index (χ3n) is 3.12. The third kappa shape index (κ3) is 6.64. The average Bonchev–Trinajstić information content (AvgIpc) is 2.39. The summed E-state index contributed by atoms with van der Waals surface area (Å²) in [7, 11) is 1.23. The van der Waals surface area contributed by atoms with Crippen LogP contribution in [0, 0.1) is 0 Å². The van der Waals surface area contributed by atoms with E-state index in [0.717, 1.165) is 0 Å². The molecule has 0 aromatic heterocycles. The van der Waals surface area contributed by atoms with Gasteiger partial charge in [-0.05, 0) is 20.8 Å². The predicted molar refractivity (Wildman–Crippen MR) is 81.4 cm³/mol. The molecular formula is C14H24N4O5. The highest BCUT2D eigenvalue weighted by Crippen LogP contribution is 2.09. The number of hydrogen-bond acceptors (Lipinski definition) is 6. The van der Waals surface area contributed by atoms with E-state index in [0.29, 0.717) is 13.1 Å². The number of carbonyl (C=O) groups excluding carboxylic acids is 4. The molecule has 4 amide bonds. The van der Waals surface area contributed by atoms with E-state index in [1.807, 2.05) is 0 Å². The van der Waals surface area contributed by atoms with Crippen LogP contribution in [0.5, 0.6) is 0 Å². The minimum absolute atomic E-state index is 0.149. The van der Waals surface area contributed by atoms with Crippen molar-refractivity contribution in [2.75, 3.05) is 26.7 Å². The fourth-order valence-corrected chi connectivity index (χ4v) is 2.14. The van der Waals surface area contributed by atoms with E-state index in [-0.39, 0.29) is 18.9 Å². The van der Waals surface area contributed by atoms with E-state index in [1.165, 1.54) is 7.11 Å². The van der Waals surface area contributed by atoms with Crippen LogP contribution >= 0.6 is 0 Å². The van der Waals surface area contributed by atoms with E-state index in [2.05, 4.69) is 20.7 Å². The summed E-state index contributed by atoms with van der Waals surface area (Å²) in [6, 6.07) is -1.39. The molecule has 1 rings (SSSR count). The number of piperazine rings is 1. The fraction of sp³-hybridized carbons (Fsp3) is 0.714. The normalized spacial score (nSPS) is 18.8. The predicted octanol–water partition coefficient (Wildman–Crippen LogP) is -1.03. The number of amides is 4. The molecule has 1 aliphatic rings. The van der Waals surface area contributed by atoms with Crippen LogP contribution in [0.1, 0.15) is 27.2 Å². The zero-order valence-electron chi connectivity index (χ0n) is 13.9. The molecule has 130 valence electrons. The number of rotatable bonds is 4. The van der Waals surface area contributed by atoms with Crippen LogP contribution < -0.4 is 16.0 Å². The molecule has 0 bridgehead atoms. The number of hydrogen-bond donors (Lipinski definition) is 3. The molecule has 1 atom stereocenters. The van der Waals surface area contributed by atoms with Gasteiger partial charge in [0.1, 0.15) is 6.04 Å².